The highest BCUT2D eigenvalue weighted by atomic mass is 35.5. The van der Waals surface area contributed by atoms with Crippen molar-refractivity contribution in [2.24, 2.45) is 5.73 Å². The molecule has 0 aliphatic carbocycles. The number of fused-ring (bicyclic) bond motifs is 1. The maximum atomic E-state index is 13.6. The monoisotopic (exact) mass is 514 g/mol. The summed E-state index contributed by atoms with van der Waals surface area (Å²) in [6.45, 7) is 1.61. The van der Waals surface area contributed by atoms with E-state index in [1.54, 1.807) is 6.92 Å². The first-order valence-corrected chi connectivity index (χ1v) is 11.8. The van der Waals surface area contributed by atoms with Crippen LogP contribution >= 0.6 is 24.2 Å². The maximum absolute atomic E-state index is 13.6. The third-order valence-corrected chi connectivity index (χ3v) is 7.06. The second-order valence-corrected chi connectivity index (χ2v) is 9.16. The van der Waals surface area contributed by atoms with Crippen LogP contribution in [0.3, 0.4) is 0 Å². The molecule has 3 aliphatic heterocycles. The minimum Gasteiger partial charge on any atom is -0.452 e. The van der Waals surface area contributed by atoms with Gasteiger partial charge in [0.25, 0.3) is 6.29 Å². The van der Waals surface area contributed by atoms with Crippen molar-refractivity contribution in [3.05, 3.63) is 94.9 Å². The predicted octanol–water partition coefficient (Wildman–Crippen LogP) is 3.04. The molecular weight excluding hydrogens is 492 g/mol. The molecule has 182 valence electrons. The number of benzene rings is 2. The zero-order valence-electron chi connectivity index (χ0n) is 18.7. The van der Waals surface area contributed by atoms with Gasteiger partial charge in [-0.1, -0.05) is 60.7 Å². The molecule has 1 amide bonds. The average Bonchev–Trinajstić information content (AvgIpc) is 3.18. The molecule has 5 rings (SSSR count). The third kappa shape index (κ3) is 4.67. The van der Waals surface area contributed by atoms with Gasteiger partial charge in [-0.2, -0.15) is 0 Å². The second kappa shape index (κ2) is 10.2. The van der Waals surface area contributed by atoms with Gasteiger partial charge in [-0.25, -0.2) is 9.59 Å². The molecule has 0 bridgehead atoms. The molecule has 0 radical (unpaired) electrons. The number of carbonyl (C=O) groups excluding carboxylic acids is 3. The van der Waals surface area contributed by atoms with Gasteiger partial charge < -0.3 is 19.9 Å². The molecule has 2 aromatic rings. The summed E-state index contributed by atoms with van der Waals surface area (Å²) in [4.78, 5) is 39.3. The lowest BCUT2D eigenvalue weighted by molar-refractivity contribution is -0.157. The minimum absolute atomic E-state index is 0. The molecule has 0 spiro atoms. The van der Waals surface area contributed by atoms with E-state index in [2.05, 4.69) is 0 Å². The highest BCUT2D eigenvalue weighted by Gasteiger charge is 2.53. The van der Waals surface area contributed by atoms with Gasteiger partial charge in [0, 0.05) is 11.6 Å². The smallest absolute Gasteiger partial charge is 0.359 e. The van der Waals surface area contributed by atoms with E-state index in [4.69, 9.17) is 19.9 Å². The summed E-state index contributed by atoms with van der Waals surface area (Å²) in [5.74, 6) is -1.13. The molecule has 3 atom stereocenters. The zero-order valence-corrected chi connectivity index (χ0v) is 20.3. The lowest BCUT2D eigenvalue weighted by atomic mass is 10.0. The number of esters is 2. The van der Waals surface area contributed by atoms with Crippen molar-refractivity contribution in [1.29, 1.82) is 0 Å². The third-order valence-electron chi connectivity index (χ3n) is 5.79. The Morgan fingerprint density at radius 2 is 1.69 bits per heavy atom. The number of halogens is 1. The van der Waals surface area contributed by atoms with Crippen LogP contribution in [-0.4, -0.2) is 46.2 Å². The molecule has 1 unspecified atom stereocenters. The Kier molecular flexibility index (Phi) is 7.20. The van der Waals surface area contributed by atoms with Crippen molar-refractivity contribution in [3.63, 3.8) is 0 Å². The van der Waals surface area contributed by atoms with Crippen LogP contribution in [-0.2, 0) is 28.6 Å². The highest BCUT2D eigenvalue weighted by molar-refractivity contribution is 8.00. The molecule has 0 saturated carbocycles. The largest absolute Gasteiger partial charge is 0.452 e. The summed E-state index contributed by atoms with van der Waals surface area (Å²) in [5, 5.41) is -0.391. The molecule has 3 heterocycles. The van der Waals surface area contributed by atoms with Crippen LogP contribution in [0.4, 0.5) is 0 Å². The Bertz CT molecular complexity index is 1160. The first-order chi connectivity index (χ1) is 16.4. The van der Waals surface area contributed by atoms with Crippen LogP contribution < -0.4 is 5.73 Å². The number of nitrogens with two attached hydrogens (primary N) is 1. The van der Waals surface area contributed by atoms with Gasteiger partial charge in [-0.15, -0.1) is 24.2 Å². The number of rotatable bonds is 6. The number of carbonyl (C=O) groups is 3. The number of cyclic esters (lactones) is 1. The van der Waals surface area contributed by atoms with Crippen molar-refractivity contribution >= 4 is 42.0 Å². The number of amides is 1. The van der Waals surface area contributed by atoms with Crippen molar-refractivity contribution in [3.8, 4) is 0 Å². The Hall–Kier alpha value is -3.27. The van der Waals surface area contributed by atoms with E-state index in [1.807, 2.05) is 60.7 Å². The van der Waals surface area contributed by atoms with Gasteiger partial charge in [0.05, 0.1) is 5.75 Å². The molecule has 1 fully saturated rings. The van der Waals surface area contributed by atoms with Gasteiger partial charge in [-0.3, -0.25) is 9.69 Å². The van der Waals surface area contributed by atoms with E-state index < -0.39 is 41.7 Å². The fraction of sp³-hybridized carbons (Fsp3) is 0.240. The molecule has 35 heavy (non-hydrogen) atoms. The first-order valence-electron chi connectivity index (χ1n) is 10.7. The first kappa shape index (κ1) is 24.8. The lowest BCUT2D eigenvalue weighted by Gasteiger charge is -2.48. The summed E-state index contributed by atoms with van der Waals surface area (Å²) in [5.41, 5.74) is 7.92. The van der Waals surface area contributed by atoms with Crippen molar-refractivity contribution < 1.29 is 28.6 Å². The van der Waals surface area contributed by atoms with Crippen molar-refractivity contribution in [2.45, 2.75) is 30.7 Å². The van der Waals surface area contributed by atoms with Crippen LogP contribution in [0.25, 0.3) is 0 Å². The van der Waals surface area contributed by atoms with Gasteiger partial charge >= 0.3 is 11.9 Å². The van der Waals surface area contributed by atoms with Gasteiger partial charge in [0.2, 0.25) is 5.91 Å². The van der Waals surface area contributed by atoms with Crippen LogP contribution in [0.2, 0.25) is 0 Å². The number of β-lactam (4-membered cyclic amide) rings is 1. The SMILES string of the molecule is CC1=CC(OC2=C(C(=O)OC(c3ccccc3)c3ccccc3)N3C(=O)[C@@H](N)[C@H]3SC2)OC1=O.Cl. The Morgan fingerprint density at radius 3 is 2.23 bits per heavy atom. The Balaban J connectivity index is 0.00000289. The zero-order chi connectivity index (χ0) is 23.8. The summed E-state index contributed by atoms with van der Waals surface area (Å²) in [6.07, 6.45) is -0.158. The summed E-state index contributed by atoms with van der Waals surface area (Å²) in [6, 6.07) is 18.0. The van der Waals surface area contributed by atoms with Crippen molar-refractivity contribution in [2.75, 3.05) is 5.75 Å². The van der Waals surface area contributed by atoms with E-state index >= 15 is 0 Å². The average molecular weight is 515 g/mol. The molecular formula is C25H23ClN2O6S. The molecule has 2 N–H and O–H groups in total. The molecule has 3 aliphatic rings. The van der Waals surface area contributed by atoms with E-state index in [-0.39, 0.29) is 29.6 Å². The molecule has 0 aromatic heterocycles. The predicted molar refractivity (Wildman–Crippen MR) is 131 cm³/mol. The van der Waals surface area contributed by atoms with Crippen LogP contribution in [0.15, 0.2) is 83.8 Å². The van der Waals surface area contributed by atoms with Crippen LogP contribution in [0.1, 0.15) is 24.2 Å². The second-order valence-electron chi connectivity index (χ2n) is 8.06. The quantitative estimate of drug-likeness (QED) is 0.463. The standard InChI is InChI=1S/C25H22N2O6S.ClH/c1-14-12-18(32-24(14)29)31-17-13-34-23-19(26)22(28)27(23)20(17)25(30)33-21(15-8-4-2-5-9-15)16-10-6-3-7-11-16;/h2-12,18-19,21,23H,13,26H2,1H3;1H/t18?,19-,23-;/m1./s1. The maximum Gasteiger partial charge on any atom is 0.359 e. The van der Waals surface area contributed by atoms with E-state index in [0.717, 1.165) is 11.1 Å². The number of thioether (sulfide) groups is 1. The van der Waals surface area contributed by atoms with Gasteiger partial charge in [-0.05, 0) is 18.1 Å². The number of nitrogens with zero attached hydrogens (tertiary/aromatic N) is 1. The van der Waals surface area contributed by atoms with Gasteiger partial charge in [0.15, 0.2) is 11.8 Å². The molecule has 2 aromatic carbocycles. The Morgan fingerprint density at radius 1 is 1.09 bits per heavy atom. The fourth-order valence-electron chi connectivity index (χ4n) is 4.02. The van der Waals surface area contributed by atoms with Crippen LogP contribution in [0.5, 0.6) is 0 Å². The summed E-state index contributed by atoms with van der Waals surface area (Å²) < 4.78 is 17.0. The topological polar surface area (TPSA) is 108 Å². The molecule has 8 nitrogen and oxygen atoms in total. The van der Waals surface area contributed by atoms with Crippen molar-refractivity contribution in [1.82, 2.24) is 4.90 Å². The van der Waals surface area contributed by atoms with E-state index in [1.165, 1.54) is 22.7 Å². The molecule has 1 saturated heterocycles. The Labute approximate surface area is 212 Å². The fourth-order valence-corrected chi connectivity index (χ4v) is 5.23. The summed E-state index contributed by atoms with van der Waals surface area (Å²) >= 11 is 1.38. The lowest BCUT2D eigenvalue weighted by Crippen LogP contribution is -2.68. The number of ether oxygens (including phenoxy) is 3. The highest BCUT2D eigenvalue weighted by Crippen LogP contribution is 2.41. The normalized spacial score (nSPS) is 23.1. The number of hydrogen-bond donors (Lipinski definition) is 1. The van der Waals surface area contributed by atoms with E-state index in [0.29, 0.717) is 5.57 Å². The van der Waals surface area contributed by atoms with Crippen LogP contribution in [0, 0.1) is 0 Å². The molecule has 10 heteroatoms. The number of hydrogen-bond acceptors (Lipinski definition) is 8. The minimum atomic E-state index is -0.980. The van der Waals surface area contributed by atoms with E-state index in [9.17, 15) is 14.4 Å². The van der Waals surface area contributed by atoms with Gasteiger partial charge in [0.1, 0.15) is 17.2 Å². The summed E-state index contributed by atoms with van der Waals surface area (Å²) in [7, 11) is 0.